The van der Waals surface area contributed by atoms with Crippen molar-refractivity contribution in [1.82, 2.24) is 9.80 Å². The summed E-state index contributed by atoms with van der Waals surface area (Å²) in [5.41, 5.74) is 2.13. The lowest BCUT2D eigenvalue weighted by Gasteiger charge is -2.34. The second-order valence-corrected chi connectivity index (χ2v) is 6.60. The fraction of sp³-hybridized carbons (Fsp3) is 0.526. The molecule has 0 spiro atoms. The number of anilines is 2. The molecule has 5 nitrogen and oxygen atoms in total. The third kappa shape index (κ3) is 4.29. The van der Waals surface area contributed by atoms with Gasteiger partial charge in [0.25, 0.3) is 0 Å². The number of amides is 2. The van der Waals surface area contributed by atoms with Gasteiger partial charge in [-0.15, -0.1) is 6.58 Å². The fourth-order valence-electron chi connectivity index (χ4n) is 3.43. The number of piperazine rings is 1. The van der Waals surface area contributed by atoms with Crippen LogP contribution in [0, 0.1) is 0 Å². The Morgan fingerprint density at radius 1 is 1.00 bits per heavy atom. The van der Waals surface area contributed by atoms with Gasteiger partial charge in [-0.1, -0.05) is 6.08 Å². The minimum absolute atomic E-state index is 0.000949. The van der Waals surface area contributed by atoms with Gasteiger partial charge in [-0.05, 0) is 43.5 Å². The molecule has 2 amide bonds. The number of rotatable bonds is 4. The second-order valence-electron chi connectivity index (χ2n) is 6.60. The van der Waals surface area contributed by atoms with Gasteiger partial charge in [0.05, 0.1) is 0 Å². The number of carbonyl (C=O) groups excluding carboxylic acids is 1. The van der Waals surface area contributed by atoms with E-state index in [1.165, 1.54) is 24.9 Å². The first-order valence-corrected chi connectivity index (χ1v) is 9.00. The van der Waals surface area contributed by atoms with Crippen LogP contribution in [-0.2, 0) is 0 Å². The SMILES string of the molecule is C=CCN1CCN(C(=O)Nc2ccc(N3CCCCC3)cc2)CC1. The van der Waals surface area contributed by atoms with E-state index in [2.05, 4.69) is 33.8 Å². The van der Waals surface area contributed by atoms with Crippen molar-refractivity contribution in [3.05, 3.63) is 36.9 Å². The zero-order chi connectivity index (χ0) is 16.8. The Bertz CT molecular complexity index is 543. The normalized spacial score (nSPS) is 19.2. The van der Waals surface area contributed by atoms with E-state index in [-0.39, 0.29) is 6.03 Å². The lowest BCUT2D eigenvalue weighted by molar-refractivity contribution is 0.156. The molecule has 1 aromatic carbocycles. The average Bonchev–Trinajstić information content (AvgIpc) is 2.64. The minimum atomic E-state index is -0.000949. The van der Waals surface area contributed by atoms with Gasteiger partial charge in [-0.25, -0.2) is 4.79 Å². The Labute approximate surface area is 144 Å². The van der Waals surface area contributed by atoms with Crippen LogP contribution in [0.5, 0.6) is 0 Å². The van der Waals surface area contributed by atoms with Gasteiger partial charge in [0.2, 0.25) is 0 Å². The van der Waals surface area contributed by atoms with Crippen molar-refractivity contribution in [1.29, 1.82) is 0 Å². The molecule has 2 aliphatic rings. The molecular formula is C19H28N4O. The summed E-state index contributed by atoms with van der Waals surface area (Å²) in [4.78, 5) is 19.0. The molecule has 0 aliphatic carbocycles. The molecule has 5 heteroatoms. The number of benzene rings is 1. The Morgan fingerprint density at radius 2 is 1.67 bits per heavy atom. The van der Waals surface area contributed by atoms with Gasteiger partial charge < -0.3 is 15.1 Å². The molecule has 0 saturated carbocycles. The van der Waals surface area contributed by atoms with E-state index in [0.29, 0.717) is 0 Å². The highest BCUT2D eigenvalue weighted by molar-refractivity contribution is 5.89. The monoisotopic (exact) mass is 328 g/mol. The predicted molar refractivity (Wildman–Crippen MR) is 99.7 cm³/mol. The van der Waals surface area contributed by atoms with Crippen LogP contribution in [-0.4, -0.2) is 61.6 Å². The molecule has 1 N–H and O–H groups in total. The maximum absolute atomic E-state index is 12.4. The van der Waals surface area contributed by atoms with Crippen molar-refractivity contribution in [2.24, 2.45) is 0 Å². The van der Waals surface area contributed by atoms with E-state index < -0.39 is 0 Å². The number of piperidine rings is 1. The van der Waals surface area contributed by atoms with Crippen molar-refractivity contribution in [3.63, 3.8) is 0 Å². The first-order chi connectivity index (χ1) is 11.8. The maximum atomic E-state index is 12.4. The number of nitrogens with zero attached hydrogens (tertiary/aromatic N) is 3. The topological polar surface area (TPSA) is 38.8 Å². The first kappa shape index (κ1) is 16.8. The van der Waals surface area contributed by atoms with Gasteiger partial charge >= 0.3 is 6.03 Å². The van der Waals surface area contributed by atoms with E-state index in [0.717, 1.165) is 51.5 Å². The van der Waals surface area contributed by atoms with Crippen LogP contribution in [0.15, 0.2) is 36.9 Å². The summed E-state index contributed by atoms with van der Waals surface area (Å²) >= 11 is 0. The van der Waals surface area contributed by atoms with Gasteiger partial charge in [-0.2, -0.15) is 0 Å². The van der Waals surface area contributed by atoms with E-state index in [1.807, 2.05) is 23.1 Å². The Balaban J connectivity index is 1.50. The quantitative estimate of drug-likeness (QED) is 0.864. The minimum Gasteiger partial charge on any atom is -0.372 e. The molecule has 2 fully saturated rings. The summed E-state index contributed by atoms with van der Waals surface area (Å²) in [6.07, 6.45) is 5.80. The highest BCUT2D eigenvalue weighted by Crippen LogP contribution is 2.22. The van der Waals surface area contributed by atoms with Crippen LogP contribution >= 0.6 is 0 Å². The largest absolute Gasteiger partial charge is 0.372 e. The van der Waals surface area contributed by atoms with Crippen molar-refractivity contribution >= 4 is 17.4 Å². The number of carbonyl (C=O) groups is 1. The summed E-state index contributed by atoms with van der Waals surface area (Å²) in [5.74, 6) is 0. The Morgan fingerprint density at radius 3 is 2.29 bits per heavy atom. The van der Waals surface area contributed by atoms with Gasteiger partial charge in [0, 0.05) is 57.2 Å². The lowest BCUT2D eigenvalue weighted by atomic mass is 10.1. The standard InChI is InChI=1S/C19H28N4O/c1-2-10-21-13-15-23(16-14-21)19(24)20-17-6-8-18(9-7-17)22-11-4-3-5-12-22/h2,6-9H,1,3-5,10-16H2,(H,20,24). The smallest absolute Gasteiger partial charge is 0.321 e. The van der Waals surface area contributed by atoms with Crippen LogP contribution in [0.25, 0.3) is 0 Å². The summed E-state index contributed by atoms with van der Waals surface area (Å²) in [6, 6.07) is 8.25. The number of urea groups is 1. The van der Waals surface area contributed by atoms with Crippen molar-refractivity contribution in [3.8, 4) is 0 Å². The molecule has 130 valence electrons. The van der Waals surface area contributed by atoms with E-state index >= 15 is 0 Å². The highest BCUT2D eigenvalue weighted by Gasteiger charge is 2.20. The van der Waals surface area contributed by atoms with Gasteiger partial charge in [0.1, 0.15) is 0 Å². The third-order valence-electron chi connectivity index (χ3n) is 4.89. The summed E-state index contributed by atoms with van der Waals surface area (Å²) in [5, 5.41) is 3.02. The molecule has 0 aromatic heterocycles. The van der Waals surface area contributed by atoms with Crippen LogP contribution < -0.4 is 10.2 Å². The van der Waals surface area contributed by atoms with Gasteiger partial charge in [0.15, 0.2) is 0 Å². The molecule has 2 heterocycles. The van der Waals surface area contributed by atoms with E-state index in [9.17, 15) is 4.79 Å². The van der Waals surface area contributed by atoms with Crippen molar-refractivity contribution in [2.45, 2.75) is 19.3 Å². The Kier molecular flexibility index (Phi) is 5.75. The van der Waals surface area contributed by atoms with Crippen LogP contribution in [0.2, 0.25) is 0 Å². The molecule has 24 heavy (non-hydrogen) atoms. The van der Waals surface area contributed by atoms with Gasteiger partial charge in [-0.3, -0.25) is 4.90 Å². The van der Waals surface area contributed by atoms with Crippen LogP contribution in [0.1, 0.15) is 19.3 Å². The summed E-state index contributed by atoms with van der Waals surface area (Å²) < 4.78 is 0. The zero-order valence-electron chi connectivity index (χ0n) is 14.4. The molecular weight excluding hydrogens is 300 g/mol. The predicted octanol–water partition coefficient (Wildman–Crippen LogP) is 3.01. The summed E-state index contributed by atoms with van der Waals surface area (Å²) in [7, 11) is 0. The molecule has 3 rings (SSSR count). The van der Waals surface area contributed by atoms with Crippen LogP contribution in [0.4, 0.5) is 16.2 Å². The van der Waals surface area contributed by atoms with Crippen molar-refractivity contribution in [2.75, 3.05) is 56.0 Å². The highest BCUT2D eigenvalue weighted by atomic mass is 16.2. The Hall–Kier alpha value is -2.01. The van der Waals surface area contributed by atoms with E-state index in [1.54, 1.807) is 0 Å². The molecule has 2 saturated heterocycles. The fourth-order valence-corrected chi connectivity index (χ4v) is 3.43. The molecule has 0 radical (unpaired) electrons. The molecule has 1 aromatic rings. The second kappa shape index (κ2) is 8.20. The number of hydrogen-bond donors (Lipinski definition) is 1. The lowest BCUT2D eigenvalue weighted by Crippen LogP contribution is -2.49. The molecule has 0 atom stereocenters. The number of nitrogens with one attached hydrogen (secondary N) is 1. The van der Waals surface area contributed by atoms with Crippen molar-refractivity contribution < 1.29 is 4.79 Å². The first-order valence-electron chi connectivity index (χ1n) is 9.00. The van der Waals surface area contributed by atoms with E-state index in [4.69, 9.17) is 0 Å². The third-order valence-corrected chi connectivity index (χ3v) is 4.89. The maximum Gasteiger partial charge on any atom is 0.321 e. The molecule has 0 bridgehead atoms. The molecule has 0 unspecified atom stereocenters. The number of hydrogen-bond acceptors (Lipinski definition) is 3. The average molecular weight is 328 g/mol. The zero-order valence-corrected chi connectivity index (χ0v) is 14.4. The summed E-state index contributed by atoms with van der Waals surface area (Å²) in [6.45, 7) is 10.3. The molecule has 2 aliphatic heterocycles. The van der Waals surface area contributed by atoms with Crippen LogP contribution in [0.3, 0.4) is 0 Å².